The van der Waals surface area contributed by atoms with Crippen molar-refractivity contribution in [2.45, 2.75) is 18.6 Å². The number of fused-ring (bicyclic) bond motifs is 1. The van der Waals surface area contributed by atoms with Crippen LogP contribution in [-0.4, -0.2) is 60.9 Å². The van der Waals surface area contributed by atoms with Crippen LogP contribution in [0.25, 0.3) is 0 Å². The molecule has 3 rings (SSSR count). The Kier molecular flexibility index (Phi) is 3.89. The van der Waals surface area contributed by atoms with E-state index in [4.69, 9.17) is 14.2 Å². The zero-order valence-electron chi connectivity index (χ0n) is 12.2. The first-order valence-corrected chi connectivity index (χ1v) is 7.06. The summed E-state index contributed by atoms with van der Waals surface area (Å²) < 4.78 is 15.6. The standard InChI is InChI=1S/C15H17NO6/c1-20-15(19)11-7-10(17)8-16(11)14(18)9-2-3-12-13(6-9)22-5-4-21-12/h2-3,6,10-11,17H,4-5,7-8H2,1H3. The average molecular weight is 307 g/mol. The molecule has 1 saturated heterocycles. The van der Waals surface area contributed by atoms with Gasteiger partial charge in [-0.1, -0.05) is 0 Å². The van der Waals surface area contributed by atoms with Crippen molar-refractivity contribution in [1.82, 2.24) is 4.90 Å². The number of aliphatic hydroxyl groups excluding tert-OH is 1. The van der Waals surface area contributed by atoms with E-state index in [2.05, 4.69) is 0 Å². The minimum Gasteiger partial charge on any atom is -0.486 e. The topological polar surface area (TPSA) is 85.3 Å². The van der Waals surface area contributed by atoms with E-state index in [0.717, 1.165) is 0 Å². The third-order valence-electron chi connectivity index (χ3n) is 3.80. The molecule has 2 heterocycles. The van der Waals surface area contributed by atoms with Gasteiger partial charge in [-0.05, 0) is 18.2 Å². The average Bonchev–Trinajstić information content (AvgIpc) is 2.94. The van der Waals surface area contributed by atoms with Crippen molar-refractivity contribution in [3.05, 3.63) is 23.8 Å². The number of aliphatic hydroxyl groups is 1. The van der Waals surface area contributed by atoms with Gasteiger partial charge in [0.05, 0.1) is 13.2 Å². The minimum atomic E-state index is -0.763. The van der Waals surface area contributed by atoms with Gasteiger partial charge in [-0.25, -0.2) is 4.79 Å². The highest BCUT2D eigenvalue weighted by molar-refractivity contribution is 5.97. The summed E-state index contributed by atoms with van der Waals surface area (Å²) in [5, 5.41) is 9.76. The molecule has 0 aromatic heterocycles. The Hall–Kier alpha value is -2.28. The van der Waals surface area contributed by atoms with Gasteiger partial charge >= 0.3 is 5.97 Å². The van der Waals surface area contributed by atoms with Crippen molar-refractivity contribution in [3.63, 3.8) is 0 Å². The number of hydrogen-bond donors (Lipinski definition) is 1. The first kappa shape index (κ1) is 14.6. The van der Waals surface area contributed by atoms with Gasteiger partial charge in [0.2, 0.25) is 0 Å². The summed E-state index contributed by atoms with van der Waals surface area (Å²) >= 11 is 0. The second-order valence-corrected chi connectivity index (χ2v) is 5.24. The number of likely N-dealkylation sites (tertiary alicyclic amines) is 1. The third kappa shape index (κ3) is 2.59. The zero-order valence-corrected chi connectivity index (χ0v) is 12.2. The number of β-amino-alcohol motifs (C(OH)–C–C–N with tert-alkyl or cyclic N) is 1. The Bertz CT molecular complexity index is 602. The Labute approximate surface area is 127 Å². The predicted molar refractivity (Wildman–Crippen MR) is 74.9 cm³/mol. The van der Waals surface area contributed by atoms with E-state index in [-0.39, 0.29) is 18.9 Å². The van der Waals surface area contributed by atoms with Gasteiger partial charge in [0.15, 0.2) is 11.5 Å². The smallest absolute Gasteiger partial charge is 0.328 e. The fourth-order valence-electron chi connectivity index (χ4n) is 2.74. The van der Waals surface area contributed by atoms with Crippen molar-refractivity contribution in [2.75, 3.05) is 26.9 Å². The van der Waals surface area contributed by atoms with Crippen LogP contribution in [0.4, 0.5) is 0 Å². The molecule has 1 fully saturated rings. The molecule has 0 spiro atoms. The van der Waals surface area contributed by atoms with E-state index < -0.39 is 18.1 Å². The van der Waals surface area contributed by atoms with E-state index in [0.29, 0.717) is 30.3 Å². The molecule has 1 amide bonds. The molecule has 1 aromatic rings. The molecule has 0 aliphatic carbocycles. The highest BCUT2D eigenvalue weighted by atomic mass is 16.6. The van der Waals surface area contributed by atoms with Crippen molar-refractivity contribution >= 4 is 11.9 Å². The molecule has 0 saturated carbocycles. The van der Waals surface area contributed by atoms with Gasteiger partial charge in [0.1, 0.15) is 19.3 Å². The summed E-state index contributed by atoms with van der Waals surface area (Å²) in [7, 11) is 1.26. The predicted octanol–water partition coefficient (Wildman–Crippen LogP) is 0.206. The van der Waals surface area contributed by atoms with Gasteiger partial charge < -0.3 is 24.2 Å². The van der Waals surface area contributed by atoms with Gasteiger partial charge in [0, 0.05) is 18.5 Å². The Morgan fingerprint density at radius 1 is 1.27 bits per heavy atom. The molecule has 2 atom stereocenters. The van der Waals surface area contributed by atoms with Crippen molar-refractivity contribution in [3.8, 4) is 11.5 Å². The molecular weight excluding hydrogens is 290 g/mol. The van der Waals surface area contributed by atoms with Crippen LogP contribution in [0.15, 0.2) is 18.2 Å². The molecular formula is C15H17NO6. The summed E-state index contributed by atoms with van der Waals surface area (Å²) in [5.41, 5.74) is 0.382. The third-order valence-corrected chi connectivity index (χ3v) is 3.80. The molecule has 2 aliphatic rings. The maximum Gasteiger partial charge on any atom is 0.328 e. The molecule has 0 bridgehead atoms. The number of hydrogen-bond acceptors (Lipinski definition) is 6. The number of methoxy groups -OCH3 is 1. The van der Waals surface area contributed by atoms with Crippen LogP contribution >= 0.6 is 0 Å². The number of ether oxygens (including phenoxy) is 3. The number of nitrogens with zero attached hydrogens (tertiary/aromatic N) is 1. The van der Waals surface area contributed by atoms with E-state index in [1.165, 1.54) is 12.0 Å². The zero-order chi connectivity index (χ0) is 15.7. The lowest BCUT2D eigenvalue weighted by Crippen LogP contribution is -2.41. The maximum atomic E-state index is 12.6. The van der Waals surface area contributed by atoms with Gasteiger partial charge in [0.25, 0.3) is 5.91 Å². The fourth-order valence-corrected chi connectivity index (χ4v) is 2.74. The Morgan fingerprint density at radius 3 is 2.73 bits per heavy atom. The lowest BCUT2D eigenvalue weighted by molar-refractivity contribution is -0.145. The Morgan fingerprint density at radius 2 is 2.00 bits per heavy atom. The highest BCUT2D eigenvalue weighted by Crippen LogP contribution is 2.32. The summed E-state index contributed by atoms with van der Waals surface area (Å²) in [4.78, 5) is 25.7. The number of amides is 1. The molecule has 1 N–H and O–H groups in total. The number of carbonyl (C=O) groups excluding carboxylic acids is 2. The quantitative estimate of drug-likeness (QED) is 0.786. The fraction of sp³-hybridized carbons (Fsp3) is 0.467. The van der Waals surface area contributed by atoms with E-state index in [1.54, 1.807) is 18.2 Å². The van der Waals surface area contributed by atoms with Crippen molar-refractivity contribution in [2.24, 2.45) is 0 Å². The van der Waals surface area contributed by atoms with E-state index in [9.17, 15) is 14.7 Å². The molecule has 22 heavy (non-hydrogen) atoms. The second kappa shape index (κ2) is 5.84. The SMILES string of the molecule is COC(=O)C1CC(O)CN1C(=O)c1ccc2c(c1)OCCO2. The normalized spacial score (nSPS) is 23.3. The first-order chi connectivity index (χ1) is 10.6. The molecule has 2 unspecified atom stereocenters. The molecule has 2 aliphatic heterocycles. The van der Waals surface area contributed by atoms with E-state index in [1.807, 2.05) is 0 Å². The lowest BCUT2D eigenvalue weighted by atomic mass is 10.1. The largest absolute Gasteiger partial charge is 0.486 e. The number of carbonyl (C=O) groups is 2. The lowest BCUT2D eigenvalue weighted by Gasteiger charge is -2.23. The summed E-state index contributed by atoms with van der Waals surface area (Å²) in [5.74, 6) is 0.228. The Balaban J connectivity index is 1.85. The van der Waals surface area contributed by atoms with Crippen LogP contribution < -0.4 is 9.47 Å². The van der Waals surface area contributed by atoms with E-state index >= 15 is 0 Å². The van der Waals surface area contributed by atoms with Crippen LogP contribution in [0.3, 0.4) is 0 Å². The molecule has 118 valence electrons. The second-order valence-electron chi connectivity index (χ2n) is 5.24. The molecule has 7 heteroatoms. The van der Waals surface area contributed by atoms with Crippen LogP contribution in [-0.2, 0) is 9.53 Å². The van der Waals surface area contributed by atoms with Gasteiger partial charge in [-0.3, -0.25) is 4.79 Å². The number of benzene rings is 1. The summed E-state index contributed by atoms with van der Waals surface area (Å²) in [6.07, 6.45) is -0.548. The molecule has 0 radical (unpaired) electrons. The minimum absolute atomic E-state index is 0.104. The maximum absolute atomic E-state index is 12.6. The molecule has 1 aromatic carbocycles. The van der Waals surface area contributed by atoms with Crippen molar-refractivity contribution in [1.29, 1.82) is 0 Å². The highest BCUT2D eigenvalue weighted by Gasteiger charge is 2.40. The molecule has 7 nitrogen and oxygen atoms in total. The number of rotatable bonds is 2. The van der Waals surface area contributed by atoms with Gasteiger partial charge in [-0.2, -0.15) is 0 Å². The van der Waals surface area contributed by atoms with Crippen LogP contribution in [0, 0.1) is 0 Å². The first-order valence-electron chi connectivity index (χ1n) is 7.06. The monoisotopic (exact) mass is 307 g/mol. The van der Waals surface area contributed by atoms with Crippen LogP contribution in [0.1, 0.15) is 16.8 Å². The van der Waals surface area contributed by atoms with Gasteiger partial charge in [-0.15, -0.1) is 0 Å². The number of esters is 1. The van der Waals surface area contributed by atoms with Crippen molar-refractivity contribution < 1.29 is 28.9 Å². The summed E-state index contributed by atoms with van der Waals surface area (Å²) in [6, 6.07) is 4.12. The van der Waals surface area contributed by atoms with Crippen LogP contribution in [0.2, 0.25) is 0 Å². The summed E-state index contributed by atoms with van der Waals surface area (Å²) in [6.45, 7) is 1.01. The van der Waals surface area contributed by atoms with Crippen LogP contribution in [0.5, 0.6) is 11.5 Å².